The minimum Gasteiger partial charge on any atom is -0.491 e. The summed E-state index contributed by atoms with van der Waals surface area (Å²) in [5.74, 6) is 2.64. The lowest BCUT2D eigenvalue weighted by Gasteiger charge is -2.16. The van der Waals surface area contributed by atoms with Crippen LogP contribution in [0.3, 0.4) is 0 Å². The van der Waals surface area contributed by atoms with Crippen molar-refractivity contribution in [2.45, 2.75) is 33.6 Å². The smallest absolute Gasteiger partial charge is 0.296 e. The molecule has 2 aromatic carbocycles. The van der Waals surface area contributed by atoms with Gasteiger partial charge >= 0.3 is 0 Å². The molecule has 0 bridgehead atoms. The normalized spacial score (nSPS) is 9.56. The van der Waals surface area contributed by atoms with E-state index in [4.69, 9.17) is 9.72 Å². The van der Waals surface area contributed by atoms with Crippen molar-refractivity contribution in [3.63, 3.8) is 0 Å². The van der Waals surface area contributed by atoms with Gasteiger partial charge in [0.05, 0.1) is 11.5 Å². The molecule has 0 aliphatic carbocycles. The van der Waals surface area contributed by atoms with Crippen molar-refractivity contribution >= 4 is 34.9 Å². The fraction of sp³-hybridized carbons (Fsp3) is 0.273. The van der Waals surface area contributed by atoms with Crippen LogP contribution < -0.4 is 15.8 Å². The maximum atomic E-state index is 13.5. The third-order valence-corrected chi connectivity index (χ3v) is 5.73. The molecule has 0 unspecified atom stereocenters. The van der Waals surface area contributed by atoms with Gasteiger partial charge < -0.3 is 15.8 Å². The molecule has 0 fully saturated rings. The van der Waals surface area contributed by atoms with Crippen molar-refractivity contribution < 1.29 is 14.1 Å². The van der Waals surface area contributed by atoms with Crippen LogP contribution in [0.2, 0.25) is 0 Å². The van der Waals surface area contributed by atoms with E-state index < -0.39 is 4.92 Å². The predicted octanol–water partition coefficient (Wildman–Crippen LogP) is 7.00. The minimum absolute atomic E-state index is 0.0602. The van der Waals surface area contributed by atoms with Gasteiger partial charge in [-0.05, 0) is 81.6 Å². The topological polar surface area (TPSA) is 116 Å². The Balaban J connectivity index is 0.00000122. The molecule has 0 radical (unpaired) electrons. The van der Waals surface area contributed by atoms with Gasteiger partial charge in [0.2, 0.25) is 0 Å². The van der Waals surface area contributed by atoms with Gasteiger partial charge in [-0.25, -0.2) is 14.4 Å². The van der Waals surface area contributed by atoms with E-state index in [9.17, 15) is 14.5 Å². The fourth-order valence-electron chi connectivity index (χ4n) is 3.98. The first-order valence-electron chi connectivity index (χ1n) is 13.5. The summed E-state index contributed by atoms with van der Waals surface area (Å²) in [7, 11) is 1.50. The molecule has 0 aliphatic rings. The molecule has 0 saturated heterocycles. The summed E-state index contributed by atoms with van der Waals surface area (Å²) in [6.45, 7) is 10.8. The number of halogens is 1. The van der Waals surface area contributed by atoms with E-state index in [1.165, 1.54) is 31.4 Å². The molecule has 43 heavy (non-hydrogen) atoms. The summed E-state index contributed by atoms with van der Waals surface area (Å²) in [5.41, 5.74) is 9.22. The summed E-state index contributed by atoms with van der Waals surface area (Å²) in [6, 6.07) is 15.0. The Morgan fingerprint density at radius 2 is 1.86 bits per heavy atom. The molecule has 228 valence electrons. The maximum absolute atomic E-state index is 13.5. The quantitative estimate of drug-likeness (QED) is 0.0771. The minimum atomic E-state index is -0.433. The number of thiol groups is 1. The van der Waals surface area contributed by atoms with E-state index in [1.807, 2.05) is 26.0 Å². The van der Waals surface area contributed by atoms with E-state index in [0.29, 0.717) is 53.2 Å². The molecule has 2 aromatic heterocycles. The van der Waals surface area contributed by atoms with Crippen molar-refractivity contribution in [1.82, 2.24) is 15.3 Å². The first-order chi connectivity index (χ1) is 20.8. The van der Waals surface area contributed by atoms with Crippen LogP contribution in [-0.2, 0) is 6.42 Å². The van der Waals surface area contributed by atoms with Gasteiger partial charge in [-0.2, -0.15) is 12.6 Å². The summed E-state index contributed by atoms with van der Waals surface area (Å²) in [5, 5.41) is 15.5. The highest BCUT2D eigenvalue weighted by Crippen LogP contribution is 2.33. The fourth-order valence-corrected chi connectivity index (χ4v) is 3.98. The van der Waals surface area contributed by atoms with Gasteiger partial charge in [0.1, 0.15) is 22.8 Å². The predicted molar refractivity (Wildman–Crippen MR) is 179 cm³/mol. The summed E-state index contributed by atoms with van der Waals surface area (Å²) < 4.78 is 19.5. The number of non-ortho nitro benzene ring substituents is 1. The summed E-state index contributed by atoms with van der Waals surface area (Å²) in [6.07, 6.45) is 9.27. The van der Waals surface area contributed by atoms with Crippen LogP contribution in [0, 0.1) is 35.2 Å². The average molecular weight is 606 g/mol. The summed E-state index contributed by atoms with van der Waals surface area (Å²) in [4.78, 5) is 20.1. The van der Waals surface area contributed by atoms with Gasteiger partial charge in [-0.3, -0.25) is 10.1 Å². The molecular weight excluding hydrogens is 565 g/mol. The highest BCUT2D eigenvalue weighted by atomic mass is 32.1. The molecule has 4 rings (SSSR count). The van der Waals surface area contributed by atoms with Crippen LogP contribution in [0.5, 0.6) is 5.75 Å². The number of fused-ring (bicyclic) bond motifs is 1. The SMILES string of the molecule is C#CC.C=C(NCCc1cc(C)c(OCCC)c(-c2ccc(F)cc2)n1)c1cc([N+](=O)[O-])c2ncccc2c1.CN.CS. The third-order valence-electron chi connectivity index (χ3n) is 5.73. The van der Waals surface area contributed by atoms with E-state index in [1.54, 1.807) is 37.4 Å². The van der Waals surface area contributed by atoms with Crippen molar-refractivity contribution in [1.29, 1.82) is 0 Å². The van der Waals surface area contributed by atoms with Gasteiger partial charge in [-0.1, -0.05) is 19.6 Å². The number of nitrogens with two attached hydrogens (primary N) is 1. The second kappa shape index (κ2) is 19.6. The average Bonchev–Trinajstić information content (AvgIpc) is 3.02. The Morgan fingerprint density at radius 3 is 2.47 bits per heavy atom. The number of nitrogens with one attached hydrogen (secondary N) is 1. The molecule has 0 aliphatic heterocycles. The molecule has 4 aromatic rings. The summed E-state index contributed by atoms with van der Waals surface area (Å²) >= 11 is 3.53. The van der Waals surface area contributed by atoms with Gasteiger partial charge in [0.15, 0.2) is 0 Å². The Bertz CT molecular complexity index is 1520. The molecule has 0 saturated carbocycles. The maximum Gasteiger partial charge on any atom is 0.296 e. The van der Waals surface area contributed by atoms with E-state index >= 15 is 0 Å². The van der Waals surface area contributed by atoms with E-state index in [0.717, 1.165) is 23.2 Å². The largest absolute Gasteiger partial charge is 0.491 e. The number of nitro benzene ring substituents is 1. The number of ether oxygens (including phenoxy) is 1. The number of aromatic nitrogens is 2. The monoisotopic (exact) mass is 605 g/mol. The molecular formula is C33H40FN5O3S. The Hall–Kier alpha value is -4.46. The number of terminal acetylenes is 1. The third kappa shape index (κ3) is 10.7. The molecule has 8 nitrogen and oxygen atoms in total. The number of rotatable bonds is 10. The molecule has 0 amide bonds. The lowest BCUT2D eigenvalue weighted by atomic mass is 10.1. The number of hydrogen-bond acceptors (Lipinski definition) is 8. The molecule has 10 heteroatoms. The number of nitrogens with zero attached hydrogens (tertiary/aromatic N) is 3. The second-order valence-electron chi connectivity index (χ2n) is 8.74. The molecule has 0 spiro atoms. The van der Waals surface area contributed by atoms with Gasteiger partial charge in [-0.15, -0.1) is 12.3 Å². The highest BCUT2D eigenvalue weighted by molar-refractivity contribution is 7.79. The van der Waals surface area contributed by atoms with Crippen molar-refractivity contribution in [2.24, 2.45) is 5.73 Å². The zero-order chi connectivity index (χ0) is 32.4. The van der Waals surface area contributed by atoms with Crippen LogP contribution in [0.25, 0.3) is 27.9 Å². The molecule has 2 heterocycles. The second-order valence-corrected chi connectivity index (χ2v) is 8.74. The van der Waals surface area contributed by atoms with Crippen molar-refractivity contribution in [3.05, 3.63) is 100 Å². The number of nitro groups is 1. The lowest BCUT2D eigenvalue weighted by molar-refractivity contribution is -0.383. The molecule has 0 atom stereocenters. The Kier molecular flexibility index (Phi) is 16.7. The number of hydrogen-bond donors (Lipinski definition) is 3. The van der Waals surface area contributed by atoms with Crippen LogP contribution >= 0.6 is 12.6 Å². The van der Waals surface area contributed by atoms with E-state index in [2.05, 4.69) is 47.6 Å². The highest BCUT2D eigenvalue weighted by Gasteiger charge is 2.17. The zero-order valence-corrected chi connectivity index (χ0v) is 26.2. The van der Waals surface area contributed by atoms with Crippen molar-refractivity contribution in [3.8, 4) is 29.4 Å². The Morgan fingerprint density at radius 1 is 1.21 bits per heavy atom. The van der Waals surface area contributed by atoms with E-state index in [-0.39, 0.29) is 11.5 Å². The number of aryl methyl sites for hydroxylation is 1. The van der Waals surface area contributed by atoms with Gasteiger partial charge in [0, 0.05) is 53.1 Å². The Labute approximate surface area is 259 Å². The standard InChI is InChI=1S/C28H27FN4O3.C3H4.CH5N.CH4S/c1-4-14-36-28-18(2)15-24(32-27(28)20-7-9-23(29)10-8-20)11-13-30-19(3)22-16-21-6-5-12-31-26(21)25(17-22)33(34)35;1-3-2;2*1-2/h5-10,12,15-17,30H,3-4,11,13-14H2,1-2H3;1H,2H3;2H2,1H3;2H,1H3. The first-order valence-corrected chi connectivity index (χ1v) is 14.4. The lowest BCUT2D eigenvalue weighted by Crippen LogP contribution is -2.16. The molecule has 3 N–H and O–H groups in total. The van der Waals surface area contributed by atoms with Gasteiger partial charge in [0.25, 0.3) is 5.69 Å². The van der Waals surface area contributed by atoms with Crippen molar-refractivity contribution in [2.75, 3.05) is 26.5 Å². The van der Waals surface area contributed by atoms with Crippen LogP contribution in [0.4, 0.5) is 10.1 Å². The zero-order valence-electron chi connectivity index (χ0n) is 25.4. The first kappa shape index (κ1) is 36.6. The van der Waals surface area contributed by atoms with Crippen LogP contribution in [0.1, 0.15) is 37.1 Å². The number of benzene rings is 2. The van der Waals surface area contributed by atoms with Crippen LogP contribution in [0.15, 0.2) is 67.4 Å². The van der Waals surface area contributed by atoms with Crippen LogP contribution in [-0.4, -0.2) is 41.3 Å². The number of pyridine rings is 2.